The first kappa shape index (κ1) is 10.0. The molecule has 0 aliphatic heterocycles. The molecule has 2 aromatic rings. The molecule has 0 fully saturated rings. The van der Waals surface area contributed by atoms with Gasteiger partial charge < -0.3 is 4.57 Å². The Bertz CT molecular complexity index is 466. The summed E-state index contributed by atoms with van der Waals surface area (Å²) in [5.74, 6) is 0. The fourth-order valence-corrected chi connectivity index (χ4v) is 1.86. The van der Waals surface area contributed by atoms with E-state index in [1.807, 2.05) is 0 Å². The van der Waals surface area contributed by atoms with Gasteiger partial charge in [-0.15, -0.1) is 0 Å². The highest BCUT2D eigenvalue weighted by molar-refractivity contribution is 5.33. The standard InChI is InChI=1S/C14H17N/c1-11-6-4-5-7-13(11)10-14-8-9-15(3)12(14)2/h4-9H,10H2,1-3H3. The summed E-state index contributed by atoms with van der Waals surface area (Å²) < 4.78 is 2.17. The number of benzene rings is 1. The summed E-state index contributed by atoms with van der Waals surface area (Å²) in [6.45, 7) is 4.35. The molecule has 1 aromatic heterocycles. The van der Waals surface area contributed by atoms with Crippen molar-refractivity contribution in [3.8, 4) is 0 Å². The van der Waals surface area contributed by atoms with Gasteiger partial charge in [0, 0.05) is 18.9 Å². The Hall–Kier alpha value is -1.50. The second-order valence-electron chi connectivity index (χ2n) is 4.14. The van der Waals surface area contributed by atoms with Crippen LogP contribution < -0.4 is 0 Å². The van der Waals surface area contributed by atoms with Crippen molar-refractivity contribution in [1.29, 1.82) is 0 Å². The molecule has 0 bridgehead atoms. The van der Waals surface area contributed by atoms with E-state index in [9.17, 15) is 0 Å². The first-order chi connectivity index (χ1) is 7.18. The van der Waals surface area contributed by atoms with Crippen molar-refractivity contribution in [2.75, 3.05) is 0 Å². The van der Waals surface area contributed by atoms with Gasteiger partial charge in [0.25, 0.3) is 0 Å². The summed E-state index contributed by atoms with van der Waals surface area (Å²) in [6.07, 6.45) is 3.17. The number of aryl methyl sites for hydroxylation is 2. The molecule has 0 saturated carbocycles. The highest BCUT2D eigenvalue weighted by atomic mass is 14.9. The minimum atomic E-state index is 1.04. The van der Waals surface area contributed by atoms with Gasteiger partial charge in [-0.25, -0.2) is 0 Å². The zero-order valence-corrected chi connectivity index (χ0v) is 9.62. The lowest BCUT2D eigenvalue weighted by atomic mass is 10.0. The summed E-state index contributed by atoms with van der Waals surface area (Å²) in [6, 6.07) is 10.8. The van der Waals surface area contributed by atoms with Gasteiger partial charge >= 0.3 is 0 Å². The summed E-state index contributed by atoms with van der Waals surface area (Å²) in [4.78, 5) is 0. The Morgan fingerprint density at radius 1 is 1.00 bits per heavy atom. The molecule has 2 rings (SSSR count). The third-order valence-electron chi connectivity index (χ3n) is 3.14. The molecule has 0 atom stereocenters. The average Bonchev–Trinajstić information content (AvgIpc) is 2.53. The first-order valence-electron chi connectivity index (χ1n) is 5.34. The largest absolute Gasteiger partial charge is 0.354 e. The molecule has 0 spiro atoms. The number of rotatable bonds is 2. The topological polar surface area (TPSA) is 4.93 Å². The molecule has 1 nitrogen and oxygen atoms in total. The maximum Gasteiger partial charge on any atom is 0.0176 e. The molecule has 0 N–H and O–H groups in total. The summed E-state index contributed by atoms with van der Waals surface area (Å²) in [5.41, 5.74) is 5.58. The molecule has 15 heavy (non-hydrogen) atoms. The summed E-state index contributed by atoms with van der Waals surface area (Å²) >= 11 is 0. The summed E-state index contributed by atoms with van der Waals surface area (Å²) in [5, 5.41) is 0. The predicted octanol–water partition coefficient (Wildman–Crippen LogP) is 3.23. The van der Waals surface area contributed by atoms with Crippen molar-refractivity contribution in [2.24, 2.45) is 7.05 Å². The van der Waals surface area contributed by atoms with Gasteiger partial charge in [-0.1, -0.05) is 24.3 Å². The lowest BCUT2D eigenvalue weighted by Crippen LogP contribution is -1.95. The highest BCUT2D eigenvalue weighted by Crippen LogP contribution is 2.16. The molecule has 1 heterocycles. The maximum atomic E-state index is 2.21. The number of hydrogen-bond donors (Lipinski definition) is 0. The Kier molecular flexibility index (Phi) is 2.63. The molecular weight excluding hydrogens is 182 g/mol. The van der Waals surface area contributed by atoms with E-state index in [0.717, 1.165) is 6.42 Å². The van der Waals surface area contributed by atoms with Gasteiger partial charge in [0.2, 0.25) is 0 Å². The van der Waals surface area contributed by atoms with Crippen LogP contribution in [0.15, 0.2) is 36.5 Å². The van der Waals surface area contributed by atoms with E-state index < -0.39 is 0 Å². The van der Waals surface area contributed by atoms with Crippen LogP contribution >= 0.6 is 0 Å². The van der Waals surface area contributed by atoms with Crippen LogP contribution in [0.1, 0.15) is 22.4 Å². The van der Waals surface area contributed by atoms with E-state index in [4.69, 9.17) is 0 Å². The monoisotopic (exact) mass is 199 g/mol. The summed E-state index contributed by atoms with van der Waals surface area (Å²) in [7, 11) is 2.09. The van der Waals surface area contributed by atoms with Gasteiger partial charge in [-0.3, -0.25) is 0 Å². The third-order valence-corrected chi connectivity index (χ3v) is 3.14. The highest BCUT2D eigenvalue weighted by Gasteiger charge is 2.04. The van der Waals surface area contributed by atoms with Crippen LogP contribution in [-0.2, 0) is 13.5 Å². The minimum absolute atomic E-state index is 1.04. The zero-order chi connectivity index (χ0) is 10.8. The normalized spacial score (nSPS) is 10.6. The maximum absolute atomic E-state index is 2.21. The lowest BCUT2D eigenvalue weighted by Gasteiger charge is -2.05. The molecule has 0 aliphatic carbocycles. The Balaban J connectivity index is 2.30. The fraction of sp³-hybridized carbons (Fsp3) is 0.286. The molecular formula is C14H17N. The van der Waals surface area contributed by atoms with Crippen molar-refractivity contribution in [3.05, 3.63) is 58.9 Å². The van der Waals surface area contributed by atoms with Gasteiger partial charge in [-0.05, 0) is 43.0 Å². The van der Waals surface area contributed by atoms with Crippen molar-refractivity contribution in [1.82, 2.24) is 4.57 Å². The predicted molar refractivity (Wildman–Crippen MR) is 64.1 cm³/mol. The van der Waals surface area contributed by atoms with E-state index in [1.54, 1.807) is 0 Å². The number of hydrogen-bond acceptors (Lipinski definition) is 0. The Morgan fingerprint density at radius 3 is 2.33 bits per heavy atom. The molecule has 0 radical (unpaired) electrons. The quantitative estimate of drug-likeness (QED) is 0.699. The molecule has 0 saturated heterocycles. The average molecular weight is 199 g/mol. The number of nitrogens with zero attached hydrogens (tertiary/aromatic N) is 1. The SMILES string of the molecule is Cc1ccccc1Cc1ccn(C)c1C. The Morgan fingerprint density at radius 2 is 1.73 bits per heavy atom. The minimum Gasteiger partial charge on any atom is -0.354 e. The van der Waals surface area contributed by atoms with E-state index in [0.29, 0.717) is 0 Å². The zero-order valence-electron chi connectivity index (χ0n) is 9.62. The van der Waals surface area contributed by atoms with Crippen molar-refractivity contribution < 1.29 is 0 Å². The molecule has 1 aromatic carbocycles. The van der Waals surface area contributed by atoms with Gasteiger partial charge in [-0.2, -0.15) is 0 Å². The smallest absolute Gasteiger partial charge is 0.0176 e. The third kappa shape index (κ3) is 1.96. The second kappa shape index (κ2) is 3.93. The lowest BCUT2D eigenvalue weighted by molar-refractivity contribution is 0.872. The van der Waals surface area contributed by atoms with Crippen LogP contribution in [0.2, 0.25) is 0 Å². The van der Waals surface area contributed by atoms with Crippen LogP contribution in [0.25, 0.3) is 0 Å². The van der Waals surface area contributed by atoms with Crippen LogP contribution in [0.5, 0.6) is 0 Å². The van der Waals surface area contributed by atoms with Crippen LogP contribution in [-0.4, -0.2) is 4.57 Å². The van der Waals surface area contributed by atoms with Crippen LogP contribution in [0.4, 0.5) is 0 Å². The van der Waals surface area contributed by atoms with Gasteiger partial charge in [0.1, 0.15) is 0 Å². The van der Waals surface area contributed by atoms with Crippen molar-refractivity contribution in [3.63, 3.8) is 0 Å². The molecule has 0 aliphatic rings. The van der Waals surface area contributed by atoms with E-state index >= 15 is 0 Å². The van der Waals surface area contributed by atoms with Crippen LogP contribution in [0.3, 0.4) is 0 Å². The number of aromatic nitrogens is 1. The first-order valence-corrected chi connectivity index (χ1v) is 5.34. The molecule has 1 heteroatoms. The van der Waals surface area contributed by atoms with Gasteiger partial charge in [0.05, 0.1) is 0 Å². The second-order valence-corrected chi connectivity index (χ2v) is 4.14. The van der Waals surface area contributed by atoms with E-state index in [-0.39, 0.29) is 0 Å². The Labute approximate surface area is 91.4 Å². The van der Waals surface area contributed by atoms with E-state index in [2.05, 4.69) is 62.0 Å². The van der Waals surface area contributed by atoms with Crippen LogP contribution in [0, 0.1) is 13.8 Å². The fourth-order valence-electron chi connectivity index (χ4n) is 1.86. The molecule has 78 valence electrons. The molecule has 0 unspecified atom stereocenters. The van der Waals surface area contributed by atoms with Crippen molar-refractivity contribution >= 4 is 0 Å². The van der Waals surface area contributed by atoms with Gasteiger partial charge in [0.15, 0.2) is 0 Å². The van der Waals surface area contributed by atoms with E-state index in [1.165, 1.54) is 22.4 Å². The van der Waals surface area contributed by atoms with Crippen molar-refractivity contribution in [2.45, 2.75) is 20.3 Å². The molecule has 0 amide bonds.